The van der Waals surface area contributed by atoms with Gasteiger partial charge in [-0.2, -0.15) is 0 Å². The van der Waals surface area contributed by atoms with Gasteiger partial charge < -0.3 is 24.1 Å². The number of amides is 1. The minimum absolute atomic E-state index is 0.0423. The molecule has 0 saturated carbocycles. The van der Waals surface area contributed by atoms with E-state index in [1.165, 1.54) is 0 Å². The van der Waals surface area contributed by atoms with Gasteiger partial charge in [0.05, 0.1) is 30.7 Å². The highest BCUT2D eigenvalue weighted by molar-refractivity contribution is 5.81. The number of hydrogen-bond donors (Lipinski definition) is 1. The van der Waals surface area contributed by atoms with E-state index in [0.29, 0.717) is 41.4 Å². The minimum Gasteiger partial charge on any atom is -0.497 e. The summed E-state index contributed by atoms with van der Waals surface area (Å²) < 4.78 is 16.8. The van der Waals surface area contributed by atoms with E-state index in [9.17, 15) is 9.59 Å². The van der Waals surface area contributed by atoms with Crippen molar-refractivity contribution in [3.05, 3.63) is 64.7 Å². The maximum absolute atomic E-state index is 13.3. The fraction of sp³-hybridized carbons (Fsp3) is 0.375. The van der Waals surface area contributed by atoms with E-state index in [1.54, 1.807) is 61.4 Å². The van der Waals surface area contributed by atoms with Gasteiger partial charge in [-0.25, -0.2) is 4.98 Å². The Hall–Kier alpha value is -3.39. The topological polar surface area (TPSA) is 93.8 Å². The lowest BCUT2D eigenvalue weighted by atomic mass is 10.2. The van der Waals surface area contributed by atoms with Crippen LogP contribution < -0.4 is 15.0 Å². The first-order chi connectivity index (χ1) is 15.5. The van der Waals surface area contributed by atoms with Crippen LogP contribution in [-0.4, -0.2) is 53.2 Å². The molecule has 3 aromatic rings. The summed E-state index contributed by atoms with van der Waals surface area (Å²) >= 11 is 0. The van der Waals surface area contributed by atoms with Crippen molar-refractivity contribution in [1.29, 1.82) is 0 Å². The number of nitrogens with one attached hydrogen (secondary N) is 1. The number of ether oxygens (including phenoxy) is 3. The summed E-state index contributed by atoms with van der Waals surface area (Å²) in [7, 11) is 1.59. The summed E-state index contributed by atoms with van der Waals surface area (Å²) in [5.74, 6) is 1.51. The van der Waals surface area contributed by atoms with Crippen LogP contribution >= 0.6 is 0 Å². The third kappa shape index (κ3) is 5.08. The molecule has 0 radical (unpaired) electrons. The number of rotatable bonds is 8. The van der Waals surface area contributed by atoms with E-state index >= 15 is 0 Å². The maximum atomic E-state index is 13.3. The van der Waals surface area contributed by atoms with E-state index in [4.69, 9.17) is 14.2 Å². The van der Waals surface area contributed by atoms with Gasteiger partial charge in [0, 0.05) is 13.2 Å². The molecule has 1 N–H and O–H groups in total. The van der Waals surface area contributed by atoms with Crippen molar-refractivity contribution in [2.45, 2.75) is 38.5 Å². The first kappa shape index (κ1) is 21.8. The van der Waals surface area contributed by atoms with Crippen molar-refractivity contribution in [1.82, 2.24) is 14.9 Å². The Morgan fingerprint density at radius 2 is 1.97 bits per heavy atom. The van der Waals surface area contributed by atoms with Gasteiger partial charge in [0.2, 0.25) is 0 Å². The predicted octanol–water partition coefficient (Wildman–Crippen LogP) is 2.91. The molecule has 1 aliphatic heterocycles. The van der Waals surface area contributed by atoms with Crippen LogP contribution in [0.2, 0.25) is 0 Å². The number of hydrogen-bond acceptors (Lipinski definition) is 6. The molecule has 168 valence electrons. The average molecular weight is 437 g/mol. The third-order valence-corrected chi connectivity index (χ3v) is 5.48. The Morgan fingerprint density at radius 3 is 2.69 bits per heavy atom. The van der Waals surface area contributed by atoms with Gasteiger partial charge in [-0.05, 0) is 56.2 Å². The van der Waals surface area contributed by atoms with E-state index < -0.39 is 6.10 Å². The molecule has 2 aromatic carbocycles. The standard InChI is InChI=1S/C24H27N3O5/c1-16(32-18-11-9-17(30-2)10-12-18)24(29)27(14-19-6-5-13-31-19)15-22-25-21-8-4-3-7-20(21)23(28)26-22/h3-4,7-12,16,19H,5-6,13-15H2,1-2H3,(H,25,26,28)/t16-,19+/m0/s1. The minimum atomic E-state index is -0.725. The van der Waals surface area contributed by atoms with Gasteiger partial charge in [0.15, 0.2) is 6.10 Å². The number of fused-ring (bicyclic) bond motifs is 1. The van der Waals surface area contributed by atoms with Crippen LogP contribution in [0.25, 0.3) is 10.9 Å². The first-order valence-electron chi connectivity index (χ1n) is 10.7. The van der Waals surface area contributed by atoms with Crippen molar-refractivity contribution in [2.24, 2.45) is 0 Å². The van der Waals surface area contributed by atoms with Crippen LogP contribution in [0.5, 0.6) is 11.5 Å². The molecule has 0 spiro atoms. The summed E-state index contributed by atoms with van der Waals surface area (Å²) in [6, 6.07) is 14.2. The number of benzene rings is 2. The largest absolute Gasteiger partial charge is 0.497 e. The van der Waals surface area contributed by atoms with Crippen molar-refractivity contribution < 1.29 is 19.0 Å². The highest BCUT2D eigenvalue weighted by Crippen LogP contribution is 2.20. The molecular formula is C24H27N3O5. The second-order valence-corrected chi connectivity index (χ2v) is 7.82. The number of methoxy groups -OCH3 is 1. The smallest absolute Gasteiger partial charge is 0.263 e. The van der Waals surface area contributed by atoms with Gasteiger partial charge in [-0.1, -0.05) is 12.1 Å². The fourth-order valence-corrected chi connectivity index (χ4v) is 3.82. The van der Waals surface area contributed by atoms with Crippen molar-refractivity contribution in [3.63, 3.8) is 0 Å². The molecule has 32 heavy (non-hydrogen) atoms. The average Bonchev–Trinajstić information content (AvgIpc) is 3.32. The zero-order chi connectivity index (χ0) is 22.5. The second-order valence-electron chi connectivity index (χ2n) is 7.82. The Morgan fingerprint density at radius 1 is 1.22 bits per heavy atom. The van der Waals surface area contributed by atoms with Gasteiger partial charge in [-0.3, -0.25) is 9.59 Å². The number of aromatic nitrogens is 2. The lowest BCUT2D eigenvalue weighted by Gasteiger charge is -2.28. The highest BCUT2D eigenvalue weighted by Gasteiger charge is 2.27. The number of carbonyl (C=O) groups is 1. The summed E-state index contributed by atoms with van der Waals surface area (Å²) in [4.78, 5) is 34.8. The number of para-hydroxylation sites is 1. The van der Waals surface area contributed by atoms with Crippen LogP contribution in [-0.2, 0) is 16.1 Å². The summed E-state index contributed by atoms with van der Waals surface area (Å²) in [5.41, 5.74) is 0.371. The van der Waals surface area contributed by atoms with Crippen molar-refractivity contribution >= 4 is 16.8 Å². The van der Waals surface area contributed by atoms with Crippen molar-refractivity contribution in [2.75, 3.05) is 20.3 Å². The molecule has 4 rings (SSSR count). The molecule has 0 unspecified atom stereocenters. The molecular weight excluding hydrogens is 410 g/mol. The highest BCUT2D eigenvalue weighted by atomic mass is 16.5. The van der Waals surface area contributed by atoms with Gasteiger partial charge in [-0.15, -0.1) is 0 Å². The van der Waals surface area contributed by atoms with Crippen LogP contribution in [0.4, 0.5) is 0 Å². The fourth-order valence-electron chi connectivity index (χ4n) is 3.82. The molecule has 0 bridgehead atoms. The van der Waals surface area contributed by atoms with Gasteiger partial charge in [0.1, 0.15) is 17.3 Å². The molecule has 2 atom stereocenters. The molecule has 0 aliphatic carbocycles. The second kappa shape index (κ2) is 9.82. The van der Waals surface area contributed by atoms with E-state index in [1.807, 2.05) is 6.07 Å². The first-order valence-corrected chi connectivity index (χ1v) is 10.7. The zero-order valence-corrected chi connectivity index (χ0v) is 18.2. The number of nitrogens with zero attached hydrogens (tertiary/aromatic N) is 2. The van der Waals surface area contributed by atoms with E-state index in [2.05, 4.69) is 9.97 Å². The van der Waals surface area contributed by atoms with Gasteiger partial charge >= 0.3 is 0 Å². The lowest BCUT2D eigenvalue weighted by Crippen LogP contribution is -2.44. The van der Waals surface area contributed by atoms with Crippen LogP contribution in [0.1, 0.15) is 25.6 Å². The third-order valence-electron chi connectivity index (χ3n) is 5.48. The Balaban J connectivity index is 1.53. The Kier molecular flexibility index (Phi) is 6.70. The SMILES string of the molecule is COc1ccc(O[C@@H](C)C(=O)N(Cc2nc3ccccc3c(=O)[nH]2)C[C@H]2CCCO2)cc1. The Labute approximate surface area is 186 Å². The molecule has 1 aromatic heterocycles. The van der Waals surface area contributed by atoms with Crippen LogP contribution in [0.15, 0.2) is 53.3 Å². The number of aromatic amines is 1. The monoisotopic (exact) mass is 437 g/mol. The molecule has 8 nitrogen and oxygen atoms in total. The summed E-state index contributed by atoms with van der Waals surface area (Å²) in [6.45, 7) is 2.97. The number of carbonyl (C=O) groups excluding carboxylic acids is 1. The van der Waals surface area contributed by atoms with Crippen LogP contribution in [0, 0.1) is 0 Å². The Bertz CT molecular complexity index is 1120. The van der Waals surface area contributed by atoms with E-state index in [0.717, 1.165) is 12.8 Å². The normalized spacial score (nSPS) is 16.6. The lowest BCUT2D eigenvalue weighted by molar-refractivity contribution is -0.140. The molecule has 8 heteroatoms. The van der Waals surface area contributed by atoms with Crippen molar-refractivity contribution in [3.8, 4) is 11.5 Å². The summed E-state index contributed by atoms with van der Waals surface area (Å²) in [5, 5.41) is 0.518. The predicted molar refractivity (Wildman–Crippen MR) is 120 cm³/mol. The molecule has 1 amide bonds. The van der Waals surface area contributed by atoms with Gasteiger partial charge in [0.25, 0.3) is 11.5 Å². The zero-order valence-electron chi connectivity index (χ0n) is 18.2. The van der Waals surface area contributed by atoms with Crippen LogP contribution in [0.3, 0.4) is 0 Å². The number of H-pyrrole nitrogens is 1. The quantitative estimate of drug-likeness (QED) is 0.582. The summed E-state index contributed by atoms with van der Waals surface area (Å²) in [6.07, 6.45) is 1.09. The molecule has 2 heterocycles. The molecule has 1 saturated heterocycles. The molecule has 1 fully saturated rings. The maximum Gasteiger partial charge on any atom is 0.263 e. The van der Waals surface area contributed by atoms with E-state index in [-0.39, 0.29) is 24.1 Å². The molecule has 1 aliphatic rings.